The van der Waals surface area contributed by atoms with Gasteiger partial charge in [-0.25, -0.2) is 14.2 Å². The van der Waals surface area contributed by atoms with Gasteiger partial charge in [0.2, 0.25) is 0 Å². The van der Waals surface area contributed by atoms with Gasteiger partial charge in [0.1, 0.15) is 11.6 Å². The third-order valence-corrected chi connectivity index (χ3v) is 7.90. The highest BCUT2D eigenvalue weighted by atomic mass is 19.1. The maximum atomic E-state index is 14.2. The van der Waals surface area contributed by atoms with E-state index in [1.54, 1.807) is 19.2 Å². The van der Waals surface area contributed by atoms with Crippen molar-refractivity contribution >= 4 is 17.8 Å². The summed E-state index contributed by atoms with van der Waals surface area (Å²) in [6.45, 7) is 7.37. The summed E-state index contributed by atoms with van der Waals surface area (Å²) in [7, 11) is 1.60. The molecule has 2 saturated heterocycles. The third kappa shape index (κ3) is 4.76. The van der Waals surface area contributed by atoms with E-state index < -0.39 is 0 Å². The minimum Gasteiger partial charge on any atom is -0.450 e. The Morgan fingerprint density at radius 2 is 1.89 bits per heavy atom. The first kappa shape index (κ1) is 24.5. The second-order valence-electron chi connectivity index (χ2n) is 10.2. The molecule has 8 nitrogen and oxygen atoms in total. The number of aromatic nitrogens is 1. The average Bonchev–Trinajstić information content (AvgIpc) is 3.34. The Labute approximate surface area is 211 Å². The topological polar surface area (TPSA) is 78.0 Å². The average molecular weight is 496 g/mol. The zero-order valence-corrected chi connectivity index (χ0v) is 21.0. The zero-order chi connectivity index (χ0) is 25.3. The number of rotatable bonds is 5. The maximum absolute atomic E-state index is 14.2. The molecule has 3 aliphatic rings. The maximum Gasteiger partial charge on any atom is 0.409 e. The van der Waals surface area contributed by atoms with Crippen LogP contribution in [0.1, 0.15) is 36.5 Å². The van der Waals surface area contributed by atoms with Crippen molar-refractivity contribution in [3.05, 3.63) is 47.9 Å². The first-order valence-corrected chi connectivity index (χ1v) is 12.8. The Bertz CT molecular complexity index is 1110. The van der Waals surface area contributed by atoms with E-state index in [-0.39, 0.29) is 23.2 Å². The summed E-state index contributed by atoms with van der Waals surface area (Å²) in [5.41, 5.74) is 2.38. The van der Waals surface area contributed by atoms with E-state index in [0.29, 0.717) is 18.2 Å². The normalized spacial score (nSPS) is 21.4. The Kier molecular flexibility index (Phi) is 6.83. The predicted molar refractivity (Wildman–Crippen MR) is 135 cm³/mol. The van der Waals surface area contributed by atoms with Gasteiger partial charge in [-0.3, -0.25) is 9.69 Å². The van der Waals surface area contributed by atoms with Crippen molar-refractivity contribution < 1.29 is 18.7 Å². The number of piperazine rings is 1. The van der Waals surface area contributed by atoms with Crippen LogP contribution >= 0.6 is 0 Å². The van der Waals surface area contributed by atoms with Crippen LogP contribution in [0, 0.1) is 11.2 Å². The Morgan fingerprint density at radius 3 is 2.56 bits per heavy atom. The highest BCUT2D eigenvalue weighted by molar-refractivity contribution is 5.94. The molecule has 5 rings (SSSR count). The number of hydrogen-bond donors (Lipinski definition) is 1. The lowest BCUT2D eigenvalue weighted by molar-refractivity contribution is -0.00294. The van der Waals surface area contributed by atoms with Gasteiger partial charge in [0, 0.05) is 68.9 Å². The first-order valence-electron chi connectivity index (χ1n) is 12.8. The molecule has 36 heavy (non-hydrogen) atoms. The number of nitrogens with one attached hydrogen (secondary N) is 1. The lowest BCUT2D eigenvalue weighted by Crippen LogP contribution is -2.58. The summed E-state index contributed by atoms with van der Waals surface area (Å²) in [5.74, 6) is 0.242. The minimum absolute atomic E-state index is 0.153. The molecule has 2 aromatic rings. The second-order valence-corrected chi connectivity index (χ2v) is 10.2. The molecular weight excluding hydrogens is 461 g/mol. The molecule has 3 heterocycles. The van der Waals surface area contributed by atoms with Crippen molar-refractivity contribution in [1.82, 2.24) is 20.1 Å². The highest BCUT2D eigenvalue weighted by Crippen LogP contribution is 2.47. The van der Waals surface area contributed by atoms with E-state index in [1.807, 2.05) is 24.0 Å². The number of carbonyl (C=O) groups is 2. The fourth-order valence-corrected chi connectivity index (χ4v) is 6.02. The highest BCUT2D eigenvalue weighted by Gasteiger charge is 2.51. The van der Waals surface area contributed by atoms with E-state index in [1.165, 1.54) is 12.3 Å². The van der Waals surface area contributed by atoms with Crippen molar-refractivity contribution in [3.63, 3.8) is 0 Å². The van der Waals surface area contributed by atoms with Crippen LogP contribution < -0.4 is 10.2 Å². The lowest BCUT2D eigenvalue weighted by Gasteiger charge is -2.48. The standard InChI is InChI=1S/C27H34FN5O3/c1-3-36-26(35)33-17-27(18-33)9-8-22(15-27)31-10-12-32(13-11-31)24-23(14-21(28)16-30-24)19-4-6-20(7-5-19)25(34)29-2/h4-7,14,16,22H,3,8-13,15,17-18H2,1-2H3,(H,29,34)/t22-/m1/s1. The summed E-state index contributed by atoms with van der Waals surface area (Å²) in [6, 6.07) is 9.25. The minimum atomic E-state index is -0.378. The van der Waals surface area contributed by atoms with E-state index in [0.717, 1.165) is 75.5 Å². The van der Waals surface area contributed by atoms with Gasteiger partial charge in [0.05, 0.1) is 12.8 Å². The Morgan fingerprint density at radius 1 is 1.17 bits per heavy atom. The molecule has 3 fully saturated rings. The van der Waals surface area contributed by atoms with Crippen molar-refractivity contribution in [2.75, 3.05) is 57.8 Å². The number of likely N-dealkylation sites (tertiary alicyclic amines) is 1. The smallest absolute Gasteiger partial charge is 0.409 e. The molecule has 192 valence electrons. The fourth-order valence-electron chi connectivity index (χ4n) is 6.02. The van der Waals surface area contributed by atoms with Crippen LogP contribution in [0.5, 0.6) is 0 Å². The quantitative estimate of drug-likeness (QED) is 0.685. The van der Waals surface area contributed by atoms with E-state index in [2.05, 4.69) is 20.1 Å². The molecule has 0 radical (unpaired) electrons. The number of pyridine rings is 1. The SMILES string of the molecule is CCOC(=O)N1CC2(CC[C@@H](N3CCN(c4ncc(F)cc4-c4ccc(C(=O)NC)cc4)CC3)C2)C1. The van der Waals surface area contributed by atoms with Crippen LogP contribution in [-0.2, 0) is 4.74 Å². The van der Waals surface area contributed by atoms with Crippen LogP contribution in [0.2, 0.25) is 0 Å². The van der Waals surface area contributed by atoms with E-state index >= 15 is 0 Å². The summed E-state index contributed by atoms with van der Waals surface area (Å²) in [5, 5.41) is 2.62. The lowest BCUT2D eigenvalue weighted by atomic mass is 9.78. The van der Waals surface area contributed by atoms with E-state index in [4.69, 9.17) is 4.74 Å². The Balaban J connectivity index is 1.21. The number of amides is 2. The van der Waals surface area contributed by atoms with Gasteiger partial charge in [-0.1, -0.05) is 12.1 Å². The molecule has 1 aromatic heterocycles. The van der Waals surface area contributed by atoms with Crippen molar-refractivity contribution in [2.45, 2.75) is 32.2 Å². The van der Waals surface area contributed by atoms with Gasteiger partial charge in [-0.05, 0) is 49.9 Å². The Hall–Kier alpha value is -3.20. The largest absolute Gasteiger partial charge is 0.450 e. The molecule has 1 aromatic carbocycles. The van der Waals surface area contributed by atoms with Crippen LogP contribution in [0.4, 0.5) is 15.0 Å². The van der Waals surface area contributed by atoms with Gasteiger partial charge in [0.15, 0.2) is 0 Å². The van der Waals surface area contributed by atoms with Gasteiger partial charge >= 0.3 is 6.09 Å². The monoisotopic (exact) mass is 495 g/mol. The molecule has 0 unspecified atom stereocenters. The molecule has 2 amide bonds. The number of carbonyl (C=O) groups excluding carboxylic acids is 2. The number of anilines is 1. The number of nitrogens with zero attached hydrogens (tertiary/aromatic N) is 4. The first-order chi connectivity index (χ1) is 17.4. The van der Waals surface area contributed by atoms with Gasteiger partial charge < -0.3 is 19.9 Å². The summed E-state index contributed by atoms with van der Waals surface area (Å²) in [4.78, 5) is 34.9. The van der Waals surface area contributed by atoms with Gasteiger partial charge in [0.25, 0.3) is 5.91 Å². The zero-order valence-electron chi connectivity index (χ0n) is 21.0. The molecular formula is C27H34FN5O3. The summed E-state index contributed by atoms with van der Waals surface area (Å²) < 4.78 is 19.3. The summed E-state index contributed by atoms with van der Waals surface area (Å²) in [6.07, 6.45) is 4.53. The molecule has 1 aliphatic carbocycles. The van der Waals surface area contributed by atoms with E-state index in [9.17, 15) is 14.0 Å². The third-order valence-electron chi connectivity index (χ3n) is 7.90. The molecule has 1 saturated carbocycles. The van der Waals surface area contributed by atoms with Crippen molar-refractivity contribution in [3.8, 4) is 11.1 Å². The van der Waals surface area contributed by atoms with Crippen molar-refractivity contribution in [1.29, 1.82) is 0 Å². The molecule has 2 aliphatic heterocycles. The molecule has 1 spiro atoms. The van der Waals surface area contributed by atoms with Crippen LogP contribution in [0.3, 0.4) is 0 Å². The second kappa shape index (κ2) is 10.0. The number of benzene rings is 1. The number of ether oxygens (including phenoxy) is 1. The number of halogens is 1. The molecule has 9 heteroatoms. The summed E-state index contributed by atoms with van der Waals surface area (Å²) >= 11 is 0. The van der Waals surface area contributed by atoms with Crippen LogP contribution in [-0.4, -0.2) is 85.7 Å². The molecule has 0 bridgehead atoms. The van der Waals surface area contributed by atoms with Gasteiger partial charge in [-0.15, -0.1) is 0 Å². The number of hydrogen-bond acceptors (Lipinski definition) is 6. The predicted octanol–water partition coefficient (Wildman–Crippen LogP) is 3.38. The van der Waals surface area contributed by atoms with Crippen LogP contribution in [0.15, 0.2) is 36.5 Å². The van der Waals surface area contributed by atoms with Crippen molar-refractivity contribution in [2.24, 2.45) is 5.41 Å². The van der Waals surface area contributed by atoms with Crippen LogP contribution in [0.25, 0.3) is 11.1 Å². The molecule has 1 N–H and O–H groups in total. The molecule has 1 atom stereocenters. The fraction of sp³-hybridized carbons (Fsp3) is 0.519. The van der Waals surface area contributed by atoms with Gasteiger partial charge in [-0.2, -0.15) is 0 Å².